The van der Waals surface area contributed by atoms with Gasteiger partial charge in [-0.25, -0.2) is 29.0 Å². The molecule has 10 rings (SSSR count). The van der Waals surface area contributed by atoms with Crippen molar-refractivity contribution in [3.63, 3.8) is 0 Å². The van der Waals surface area contributed by atoms with Gasteiger partial charge in [0.15, 0.2) is 5.82 Å². The van der Waals surface area contributed by atoms with Crippen LogP contribution in [0.3, 0.4) is 0 Å². The average Bonchev–Trinajstić information content (AvgIpc) is 4.00. The molecule has 71 heavy (non-hydrogen) atoms. The zero-order chi connectivity index (χ0) is 48.6. The topological polar surface area (TPSA) is 211 Å². The molecule has 0 bridgehead atoms. The van der Waals surface area contributed by atoms with Crippen LogP contribution in [0, 0.1) is 20.8 Å². The molecule has 0 saturated carbocycles. The Morgan fingerprint density at radius 3 is 1.56 bits per heavy atom. The van der Waals surface area contributed by atoms with E-state index in [2.05, 4.69) is 101 Å². The molecule has 0 radical (unpaired) electrons. The number of fused-ring (bicyclic) bond motifs is 2. The number of anilines is 3. The molecule has 0 aliphatic carbocycles. The van der Waals surface area contributed by atoms with E-state index in [-0.39, 0.29) is 22.3 Å². The Morgan fingerprint density at radius 2 is 1.07 bits per heavy atom. The normalized spacial score (nSPS) is 10.1. The number of hydrogen-bond donors (Lipinski definition) is 2. The van der Waals surface area contributed by atoms with Gasteiger partial charge in [0.25, 0.3) is 0 Å². The third-order valence-corrected chi connectivity index (χ3v) is 9.23. The van der Waals surface area contributed by atoms with Crippen molar-refractivity contribution in [2.75, 3.05) is 11.1 Å². The molecule has 9 aromatic heterocycles. The van der Waals surface area contributed by atoms with Crippen molar-refractivity contribution in [1.82, 2.24) is 69.1 Å². The molecule has 21 heteroatoms. The van der Waals surface area contributed by atoms with Gasteiger partial charge in [-0.2, -0.15) is 4.98 Å². The van der Waals surface area contributed by atoms with Gasteiger partial charge in [0, 0.05) is 55.8 Å². The van der Waals surface area contributed by atoms with Crippen molar-refractivity contribution in [2.45, 2.75) is 62.8 Å². The van der Waals surface area contributed by atoms with E-state index in [4.69, 9.17) is 33.7 Å². The van der Waals surface area contributed by atoms with E-state index in [9.17, 15) is 0 Å². The summed E-state index contributed by atoms with van der Waals surface area (Å²) in [7, 11) is 0. The first kappa shape index (κ1) is 58.6. The SMILES string of the molecule is C.C.C.Cc1cncc(-c2nc(Nc3ccncc3Cl)c3cccn3n2)n1.Cc1cncc(-c2nc(Oc3ccccc3)c3cccn3n2)n1.Cc1cncc(Br)n1.Nc1ccncc1Cl.[CH3][Sn]([CH3])([CH3])[CH3]. The maximum absolute atomic E-state index is 6.18. The van der Waals surface area contributed by atoms with E-state index in [1.54, 1.807) is 76.9 Å². The first-order valence-corrected chi connectivity index (χ1v) is 33.7. The standard InChI is InChI=1S/C17H13N5O.C16H12ClN7.C5H5BrN2.C5H5ClN2.3CH4.4CH3.Sn/c1-12-10-18-11-14(19-12)16-20-17(15-8-5-9-22(15)21-16)23-13-6-3-2-4-7-13;1-10-7-19-9-13(20-10)15-22-16(14-3-2-6-24(14)23-15)21-12-4-5-18-8-11(12)17;1-4-2-7-3-5(6)8-4;6-4-3-8-2-1-5(4)7;;;;;;;;/h2-11H,1H3;2-9H,1H3,(H,18,21,22,23);2-3H,1H3;1-3H,(H2,7,8);3*1H4;4*1H3;. The molecule has 9 heterocycles. The average molecular weight is 1170 g/mol. The summed E-state index contributed by atoms with van der Waals surface area (Å²) in [6.07, 6.45) is 20.1. The first-order valence-electron chi connectivity index (χ1n) is 20.8. The van der Waals surface area contributed by atoms with Crippen LogP contribution in [0.25, 0.3) is 34.1 Å². The van der Waals surface area contributed by atoms with Crippen molar-refractivity contribution >= 4 is 85.7 Å². The van der Waals surface area contributed by atoms with Gasteiger partial charge in [-0.15, -0.1) is 10.2 Å². The number of para-hydroxylation sites is 1. The monoisotopic (exact) mass is 1170 g/mol. The predicted molar refractivity (Wildman–Crippen MR) is 294 cm³/mol. The molecule has 0 aliphatic rings. The molecule has 0 amide bonds. The van der Waals surface area contributed by atoms with Gasteiger partial charge < -0.3 is 15.8 Å². The Bertz CT molecular complexity index is 3160. The number of benzene rings is 1. The van der Waals surface area contributed by atoms with Crippen LogP contribution in [0.2, 0.25) is 29.8 Å². The van der Waals surface area contributed by atoms with Crippen molar-refractivity contribution in [3.8, 4) is 34.7 Å². The molecule has 0 spiro atoms. The van der Waals surface area contributed by atoms with Crippen molar-refractivity contribution in [3.05, 3.63) is 173 Å². The summed E-state index contributed by atoms with van der Waals surface area (Å²) >= 11 is 13.7. The van der Waals surface area contributed by atoms with E-state index in [1.807, 2.05) is 87.8 Å². The Kier molecular flexibility index (Phi) is 23.3. The van der Waals surface area contributed by atoms with Crippen molar-refractivity contribution in [2.24, 2.45) is 0 Å². The predicted octanol–water partition coefficient (Wildman–Crippen LogP) is 13.3. The minimum absolute atomic E-state index is 0. The van der Waals surface area contributed by atoms with E-state index in [0.717, 1.165) is 44.2 Å². The number of aryl methyl sites for hydroxylation is 3. The quantitative estimate of drug-likeness (QED) is 0.148. The van der Waals surface area contributed by atoms with Gasteiger partial charge in [0.2, 0.25) is 17.5 Å². The summed E-state index contributed by atoms with van der Waals surface area (Å²) < 4.78 is 10.2. The van der Waals surface area contributed by atoms with E-state index in [1.165, 1.54) is 6.20 Å². The summed E-state index contributed by atoms with van der Waals surface area (Å²) in [6.45, 7) is 5.66. The molecular weight excluding hydrogens is 1110 g/mol. The van der Waals surface area contributed by atoms with Crippen LogP contribution in [-0.2, 0) is 0 Å². The second kappa shape index (κ2) is 28.2. The third kappa shape index (κ3) is 18.5. The van der Waals surface area contributed by atoms with Crippen molar-refractivity contribution in [1.29, 1.82) is 0 Å². The number of nitrogens with zero attached hydrogens (tertiary/aromatic N) is 14. The molecule has 0 aliphatic heterocycles. The number of hydrogen-bond acceptors (Lipinski definition) is 15. The van der Waals surface area contributed by atoms with Crippen LogP contribution in [0.4, 0.5) is 17.2 Å². The number of nitrogens with two attached hydrogens (primary N) is 1. The van der Waals surface area contributed by atoms with E-state index < -0.39 is 18.4 Å². The molecule has 10 aromatic rings. The summed E-state index contributed by atoms with van der Waals surface area (Å²) in [4.78, 5) is 51.5. The minimum atomic E-state index is -1.18. The molecule has 1 aromatic carbocycles. The number of nitrogen functional groups attached to an aromatic ring is 1. The Morgan fingerprint density at radius 1 is 0.563 bits per heavy atom. The number of pyridine rings is 2. The van der Waals surface area contributed by atoms with Crippen molar-refractivity contribution < 1.29 is 4.74 Å². The van der Waals surface area contributed by atoms with Gasteiger partial charge in [-0.05, 0) is 85.2 Å². The van der Waals surface area contributed by atoms with Gasteiger partial charge >= 0.3 is 38.1 Å². The zero-order valence-electron chi connectivity index (χ0n) is 38.2. The fourth-order valence-electron chi connectivity index (χ4n) is 5.39. The number of ether oxygens (including phenoxy) is 1. The van der Waals surface area contributed by atoms with Gasteiger partial charge in [0.1, 0.15) is 32.8 Å². The van der Waals surface area contributed by atoms with E-state index >= 15 is 0 Å². The summed E-state index contributed by atoms with van der Waals surface area (Å²) in [5.74, 6) is 2.77. The maximum atomic E-state index is 6.18. The Hall–Kier alpha value is -6.74. The zero-order valence-corrected chi connectivity index (χ0v) is 44.1. The second-order valence-corrected chi connectivity index (χ2v) is 34.8. The fraction of sp³-hybridized carbons (Fsp3) is 0.200. The van der Waals surface area contributed by atoms with Crippen LogP contribution in [0.1, 0.15) is 39.4 Å². The molecule has 0 saturated heterocycles. The number of rotatable bonds is 6. The second-order valence-electron chi connectivity index (χ2n) is 16.1. The van der Waals surface area contributed by atoms with Gasteiger partial charge in [-0.3, -0.25) is 24.9 Å². The number of nitrogens with one attached hydrogen (secondary N) is 1. The van der Waals surface area contributed by atoms with Crippen LogP contribution >= 0.6 is 39.1 Å². The Balaban J connectivity index is 0.000000261. The first-order chi connectivity index (χ1) is 32.6. The molecule has 0 atom stereocenters. The van der Waals surface area contributed by atoms with Crippen LogP contribution in [-0.4, -0.2) is 87.4 Å². The molecule has 370 valence electrons. The van der Waals surface area contributed by atoms with E-state index in [0.29, 0.717) is 50.5 Å². The summed E-state index contributed by atoms with van der Waals surface area (Å²) in [6, 6.07) is 20.6. The van der Waals surface area contributed by atoms with Crippen LogP contribution < -0.4 is 15.8 Å². The summed E-state index contributed by atoms with van der Waals surface area (Å²) in [5, 5.41) is 13.2. The molecule has 0 fully saturated rings. The third-order valence-electron chi connectivity index (χ3n) is 8.23. The number of aromatic nitrogens is 14. The number of halogens is 3. The molecular formula is C50H59BrCl2N16OSn. The Labute approximate surface area is 437 Å². The van der Waals surface area contributed by atoms with Gasteiger partial charge in [-0.1, -0.05) is 63.7 Å². The summed E-state index contributed by atoms with van der Waals surface area (Å²) in [5.41, 5.74) is 12.0. The molecule has 17 nitrogen and oxygen atoms in total. The fourth-order valence-corrected chi connectivity index (χ4v) is 6.07. The van der Waals surface area contributed by atoms with Gasteiger partial charge in [0.05, 0.1) is 57.1 Å². The van der Waals surface area contributed by atoms with Crippen LogP contribution in [0.15, 0.2) is 146 Å². The molecule has 0 unspecified atom stereocenters. The van der Waals surface area contributed by atoms with Crippen LogP contribution in [0.5, 0.6) is 11.6 Å². The molecule has 3 N–H and O–H groups in total.